The SMILES string of the molecule is CCNC(c1cc(Br)ccc1OC)C1CCCCO1. The summed E-state index contributed by atoms with van der Waals surface area (Å²) >= 11 is 3.54. The number of benzene rings is 1. The van der Waals surface area contributed by atoms with Crippen LogP contribution in [0.5, 0.6) is 5.75 Å². The first-order valence-corrected chi connectivity index (χ1v) is 7.74. The first-order valence-electron chi connectivity index (χ1n) is 6.94. The molecule has 2 atom stereocenters. The molecular formula is C15H22BrNO2. The van der Waals surface area contributed by atoms with E-state index in [0.29, 0.717) is 0 Å². The van der Waals surface area contributed by atoms with Gasteiger partial charge in [-0.3, -0.25) is 0 Å². The Morgan fingerprint density at radius 3 is 2.95 bits per heavy atom. The van der Waals surface area contributed by atoms with Crippen LogP contribution in [0.3, 0.4) is 0 Å². The minimum absolute atomic E-state index is 0.192. The van der Waals surface area contributed by atoms with Gasteiger partial charge in [0.15, 0.2) is 0 Å². The molecule has 1 heterocycles. The molecule has 0 amide bonds. The monoisotopic (exact) mass is 327 g/mol. The Kier molecular flexibility index (Phi) is 5.67. The smallest absolute Gasteiger partial charge is 0.123 e. The average molecular weight is 328 g/mol. The second-order valence-corrected chi connectivity index (χ2v) is 5.74. The third-order valence-corrected chi connectivity index (χ3v) is 4.03. The standard InChI is InChI=1S/C15H22BrNO2/c1-3-17-15(14-6-4-5-9-19-14)12-10-11(16)7-8-13(12)18-2/h7-8,10,14-15,17H,3-6,9H2,1-2H3. The zero-order valence-corrected chi connectivity index (χ0v) is 13.2. The highest BCUT2D eigenvalue weighted by molar-refractivity contribution is 9.10. The van der Waals surface area contributed by atoms with Crippen LogP contribution in [-0.2, 0) is 4.74 Å². The maximum atomic E-state index is 5.95. The van der Waals surface area contributed by atoms with Gasteiger partial charge in [-0.25, -0.2) is 0 Å². The summed E-state index contributed by atoms with van der Waals surface area (Å²) in [5.41, 5.74) is 1.17. The Labute approximate surface area is 123 Å². The highest BCUT2D eigenvalue weighted by atomic mass is 79.9. The lowest BCUT2D eigenvalue weighted by Gasteiger charge is -2.32. The van der Waals surface area contributed by atoms with Crippen LogP contribution in [0.15, 0.2) is 22.7 Å². The van der Waals surface area contributed by atoms with Crippen molar-refractivity contribution in [1.29, 1.82) is 0 Å². The molecule has 0 bridgehead atoms. The van der Waals surface area contributed by atoms with E-state index in [1.54, 1.807) is 7.11 Å². The fourth-order valence-electron chi connectivity index (χ4n) is 2.64. The summed E-state index contributed by atoms with van der Waals surface area (Å²) in [6.07, 6.45) is 3.75. The fourth-order valence-corrected chi connectivity index (χ4v) is 3.02. The number of rotatable bonds is 5. The van der Waals surface area contributed by atoms with E-state index in [2.05, 4.69) is 34.2 Å². The second-order valence-electron chi connectivity index (χ2n) is 4.83. The lowest BCUT2D eigenvalue weighted by Crippen LogP contribution is -2.36. The Morgan fingerprint density at radius 1 is 1.47 bits per heavy atom. The number of ether oxygens (including phenoxy) is 2. The van der Waals surface area contributed by atoms with Crippen molar-refractivity contribution in [3.8, 4) is 5.75 Å². The van der Waals surface area contributed by atoms with Crippen LogP contribution in [0, 0.1) is 0 Å². The average Bonchev–Trinajstić information content (AvgIpc) is 2.45. The number of methoxy groups -OCH3 is 1. The minimum Gasteiger partial charge on any atom is -0.496 e. The summed E-state index contributed by atoms with van der Waals surface area (Å²) in [5, 5.41) is 3.54. The van der Waals surface area contributed by atoms with Gasteiger partial charge in [0.1, 0.15) is 5.75 Å². The van der Waals surface area contributed by atoms with E-state index in [0.717, 1.165) is 29.8 Å². The van der Waals surface area contributed by atoms with Gasteiger partial charge in [0.2, 0.25) is 0 Å². The van der Waals surface area contributed by atoms with Crippen LogP contribution < -0.4 is 10.1 Å². The Balaban J connectivity index is 2.28. The molecule has 0 radical (unpaired) electrons. The molecule has 1 aromatic carbocycles. The molecule has 106 valence electrons. The van der Waals surface area contributed by atoms with E-state index in [9.17, 15) is 0 Å². The maximum absolute atomic E-state index is 5.95. The largest absolute Gasteiger partial charge is 0.496 e. The number of hydrogen-bond acceptors (Lipinski definition) is 3. The van der Waals surface area contributed by atoms with Crippen LogP contribution in [0.25, 0.3) is 0 Å². The zero-order valence-electron chi connectivity index (χ0n) is 11.6. The normalized spacial score (nSPS) is 21.1. The molecule has 0 saturated carbocycles. The van der Waals surface area contributed by atoms with Crippen LogP contribution in [-0.4, -0.2) is 26.4 Å². The van der Waals surface area contributed by atoms with Gasteiger partial charge in [0, 0.05) is 16.6 Å². The van der Waals surface area contributed by atoms with E-state index >= 15 is 0 Å². The predicted molar refractivity (Wildman–Crippen MR) is 80.7 cm³/mol. The number of nitrogens with one attached hydrogen (secondary N) is 1. The van der Waals surface area contributed by atoms with Gasteiger partial charge in [-0.1, -0.05) is 22.9 Å². The van der Waals surface area contributed by atoms with Gasteiger partial charge in [0.05, 0.1) is 19.3 Å². The molecule has 2 unspecified atom stereocenters. The van der Waals surface area contributed by atoms with Crippen molar-refractivity contribution in [2.24, 2.45) is 0 Å². The van der Waals surface area contributed by atoms with Crippen molar-refractivity contribution in [2.75, 3.05) is 20.3 Å². The van der Waals surface area contributed by atoms with Crippen molar-refractivity contribution >= 4 is 15.9 Å². The molecule has 1 saturated heterocycles. The number of halogens is 1. The first-order chi connectivity index (χ1) is 9.26. The maximum Gasteiger partial charge on any atom is 0.123 e. The van der Waals surface area contributed by atoms with Gasteiger partial charge in [-0.05, 0) is 44.0 Å². The predicted octanol–water partition coefficient (Wildman–Crippen LogP) is 3.68. The third-order valence-electron chi connectivity index (χ3n) is 3.54. The van der Waals surface area contributed by atoms with E-state index < -0.39 is 0 Å². The van der Waals surface area contributed by atoms with E-state index in [-0.39, 0.29) is 12.1 Å². The summed E-state index contributed by atoms with van der Waals surface area (Å²) < 4.78 is 12.5. The van der Waals surface area contributed by atoms with Crippen molar-refractivity contribution < 1.29 is 9.47 Å². The molecule has 19 heavy (non-hydrogen) atoms. The molecule has 2 rings (SSSR count). The fraction of sp³-hybridized carbons (Fsp3) is 0.600. The van der Waals surface area contributed by atoms with Crippen LogP contribution in [0.4, 0.5) is 0 Å². The molecule has 0 spiro atoms. The van der Waals surface area contributed by atoms with E-state index in [1.165, 1.54) is 18.4 Å². The van der Waals surface area contributed by atoms with Crippen LogP contribution in [0.2, 0.25) is 0 Å². The Morgan fingerprint density at radius 2 is 2.32 bits per heavy atom. The minimum atomic E-state index is 0.192. The van der Waals surface area contributed by atoms with Crippen LogP contribution in [0.1, 0.15) is 37.8 Å². The van der Waals surface area contributed by atoms with Gasteiger partial charge >= 0.3 is 0 Å². The molecule has 1 aromatic rings. The summed E-state index contributed by atoms with van der Waals surface area (Å²) in [7, 11) is 1.72. The summed E-state index contributed by atoms with van der Waals surface area (Å²) in [5.74, 6) is 0.920. The molecule has 1 N–H and O–H groups in total. The lowest BCUT2D eigenvalue weighted by molar-refractivity contribution is -0.00831. The van der Waals surface area contributed by atoms with Gasteiger partial charge in [0.25, 0.3) is 0 Å². The van der Waals surface area contributed by atoms with Gasteiger partial charge in [-0.2, -0.15) is 0 Å². The molecule has 1 aliphatic rings. The highest BCUT2D eigenvalue weighted by Gasteiger charge is 2.27. The Bertz CT molecular complexity index is 405. The topological polar surface area (TPSA) is 30.5 Å². The summed E-state index contributed by atoms with van der Waals surface area (Å²) in [4.78, 5) is 0. The molecular weight excluding hydrogens is 306 g/mol. The molecule has 4 heteroatoms. The van der Waals surface area contributed by atoms with Crippen molar-refractivity contribution in [3.05, 3.63) is 28.2 Å². The molecule has 0 aliphatic carbocycles. The molecule has 1 fully saturated rings. The van der Waals surface area contributed by atoms with Crippen molar-refractivity contribution in [1.82, 2.24) is 5.32 Å². The highest BCUT2D eigenvalue weighted by Crippen LogP contribution is 2.34. The van der Waals surface area contributed by atoms with Crippen molar-refractivity contribution in [2.45, 2.75) is 38.3 Å². The van der Waals surface area contributed by atoms with Gasteiger partial charge in [-0.15, -0.1) is 0 Å². The third kappa shape index (κ3) is 3.71. The van der Waals surface area contributed by atoms with E-state index in [1.807, 2.05) is 12.1 Å². The Hall–Kier alpha value is -0.580. The number of hydrogen-bond donors (Lipinski definition) is 1. The molecule has 0 aromatic heterocycles. The summed E-state index contributed by atoms with van der Waals surface area (Å²) in [6.45, 7) is 3.91. The molecule has 3 nitrogen and oxygen atoms in total. The quantitative estimate of drug-likeness (QED) is 0.894. The van der Waals surface area contributed by atoms with Gasteiger partial charge < -0.3 is 14.8 Å². The first kappa shape index (κ1) is 14.8. The molecule has 1 aliphatic heterocycles. The van der Waals surface area contributed by atoms with E-state index in [4.69, 9.17) is 9.47 Å². The number of likely N-dealkylation sites (N-methyl/N-ethyl adjacent to an activating group) is 1. The second kappa shape index (κ2) is 7.27. The lowest BCUT2D eigenvalue weighted by atomic mass is 9.95. The summed E-state index contributed by atoms with van der Waals surface area (Å²) in [6, 6.07) is 6.33. The zero-order chi connectivity index (χ0) is 13.7. The van der Waals surface area contributed by atoms with Crippen LogP contribution >= 0.6 is 15.9 Å². The van der Waals surface area contributed by atoms with Crippen molar-refractivity contribution in [3.63, 3.8) is 0 Å².